The van der Waals surface area contributed by atoms with Gasteiger partial charge in [0.05, 0.1) is 20.8 Å². The van der Waals surface area contributed by atoms with Gasteiger partial charge in [0.15, 0.2) is 0 Å². The lowest BCUT2D eigenvalue weighted by Crippen LogP contribution is -2.35. The number of carbonyl (C=O) groups excluding carboxylic acids is 1. The molecular weight excluding hydrogens is 387 g/mol. The Morgan fingerprint density at radius 2 is 1.81 bits per heavy atom. The molecule has 2 rings (SSSR count). The Hall–Kier alpha value is -1.95. The van der Waals surface area contributed by atoms with Crippen molar-refractivity contribution in [2.24, 2.45) is 0 Å². The van der Waals surface area contributed by atoms with Crippen molar-refractivity contribution in [1.82, 2.24) is 10.2 Å². The number of nitrogens with one attached hydrogen (secondary N) is 1. The molecule has 0 aliphatic rings. The number of hydrogen-bond donors (Lipinski definition) is 1. The molecule has 5 nitrogen and oxygen atoms in total. The minimum absolute atomic E-state index is 0.0462. The Kier molecular flexibility index (Phi) is 8.23. The fourth-order valence-corrected chi connectivity index (χ4v) is 3.19. The monoisotopic (exact) mass is 410 g/mol. The molecule has 0 radical (unpaired) electrons. The van der Waals surface area contributed by atoms with Crippen LogP contribution in [0.4, 0.5) is 0 Å². The van der Waals surface area contributed by atoms with Gasteiger partial charge >= 0.3 is 0 Å². The number of amides is 1. The number of carbonyl (C=O) groups is 1. The molecule has 0 unspecified atom stereocenters. The van der Waals surface area contributed by atoms with Crippen molar-refractivity contribution in [1.29, 1.82) is 0 Å². The zero-order valence-electron chi connectivity index (χ0n) is 15.7. The molecule has 0 aliphatic heterocycles. The maximum Gasteiger partial charge on any atom is 0.234 e. The van der Waals surface area contributed by atoms with E-state index in [1.165, 1.54) is 0 Å². The van der Waals surface area contributed by atoms with Gasteiger partial charge in [0.1, 0.15) is 11.5 Å². The lowest BCUT2D eigenvalue weighted by molar-refractivity contribution is -0.122. The maximum absolute atomic E-state index is 12.2. The van der Waals surface area contributed by atoms with Gasteiger partial charge in [-0.2, -0.15) is 0 Å². The highest BCUT2D eigenvalue weighted by molar-refractivity contribution is 6.35. The number of ether oxygens (including phenoxy) is 2. The lowest BCUT2D eigenvalue weighted by Gasteiger charge is -2.18. The summed E-state index contributed by atoms with van der Waals surface area (Å²) in [6.07, 6.45) is 0.651. The smallest absolute Gasteiger partial charge is 0.234 e. The highest BCUT2D eigenvalue weighted by Gasteiger charge is 2.11. The van der Waals surface area contributed by atoms with Gasteiger partial charge < -0.3 is 14.8 Å². The van der Waals surface area contributed by atoms with Crippen LogP contribution in [0.25, 0.3) is 0 Å². The zero-order valence-corrected chi connectivity index (χ0v) is 17.2. The van der Waals surface area contributed by atoms with Crippen molar-refractivity contribution in [3.8, 4) is 11.5 Å². The van der Waals surface area contributed by atoms with Crippen LogP contribution in [-0.4, -0.2) is 45.2 Å². The van der Waals surface area contributed by atoms with Crippen LogP contribution in [0, 0.1) is 0 Å². The summed E-state index contributed by atoms with van der Waals surface area (Å²) in [5.74, 6) is 1.42. The van der Waals surface area contributed by atoms with E-state index in [2.05, 4.69) is 5.32 Å². The molecule has 0 saturated carbocycles. The highest BCUT2D eigenvalue weighted by Crippen LogP contribution is 2.25. The molecule has 0 bridgehead atoms. The van der Waals surface area contributed by atoms with E-state index in [0.29, 0.717) is 29.6 Å². The molecule has 0 aromatic heterocycles. The van der Waals surface area contributed by atoms with Crippen LogP contribution >= 0.6 is 23.2 Å². The number of benzene rings is 2. The van der Waals surface area contributed by atoms with Crippen molar-refractivity contribution in [3.63, 3.8) is 0 Å². The van der Waals surface area contributed by atoms with E-state index in [1.807, 2.05) is 36.2 Å². The maximum atomic E-state index is 12.2. The minimum atomic E-state index is -0.0462. The molecule has 7 heteroatoms. The Labute approximate surface area is 170 Å². The van der Waals surface area contributed by atoms with Crippen LogP contribution in [0.1, 0.15) is 11.1 Å². The molecule has 1 N–H and O–H groups in total. The van der Waals surface area contributed by atoms with Crippen LogP contribution in [0.3, 0.4) is 0 Å². The van der Waals surface area contributed by atoms with Gasteiger partial charge in [-0.1, -0.05) is 35.3 Å². The summed E-state index contributed by atoms with van der Waals surface area (Å²) >= 11 is 12.0. The van der Waals surface area contributed by atoms with Gasteiger partial charge in [-0.3, -0.25) is 9.69 Å². The van der Waals surface area contributed by atoms with E-state index < -0.39 is 0 Å². The number of hydrogen-bond acceptors (Lipinski definition) is 4. The van der Waals surface area contributed by atoms with Crippen molar-refractivity contribution in [2.45, 2.75) is 13.0 Å². The SMILES string of the molecule is COc1ccc(CN(C)CC(=O)NCCc2ccc(Cl)cc2Cl)c(OC)c1. The van der Waals surface area contributed by atoms with Crippen LogP contribution in [-0.2, 0) is 17.8 Å². The molecule has 2 aromatic carbocycles. The fourth-order valence-electron chi connectivity index (χ4n) is 2.69. The van der Waals surface area contributed by atoms with E-state index >= 15 is 0 Å². The molecule has 27 heavy (non-hydrogen) atoms. The summed E-state index contributed by atoms with van der Waals surface area (Å²) in [7, 11) is 5.12. The molecule has 0 fully saturated rings. The first kappa shape index (κ1) is 21.4. The van der Waals surface area contributed by atoms with E-state index in [-0.39, 0.29) is 12.5 Å². The third-order valence-electron chi connectivity index (χ3n) is 4.08. The van der Waals surface area contributed by atoms with E-state index in [4.69, 9.17) is 32.7 Å². The first-order valence-corrected chi connectivity index (χ1v) is 9.28. The third kappa shape index (κ3) is 6.61. The summed E-state index contributed by atoms with van der Waals surface area (Å²) in [6, 6.07) is 11.0. The summed E-state index contributed by atoms with van der Waals surface area (Å²) in [4.78, 5) is 14.1. The molecule has 0 saturated heterocycles. The highest BCUT2D eigenvalue weighted by atomic mass is 35.5. The Morgan fingerprint density at radius 1 is 1.07 bits per heavy atom. The standard InChI is InChI=1S/C20H24Cl2N2O3/c1-24(12-15-5-7-17(26-2)11-19(15)27-3)13-20(25)23-9-8-14-4-6-16(21)10-18(14)22/h4-7,10-11H,8-9,12-13H2,1-3H3,(H,23,25). The number of rotatable bonds is 9. The quantitative estimate of drug-likeness (QED) is 0.682. The van der Waals surface area contributed by atoms with Crippen LogP contribution in [0.5, 0.6) is 11.5 Å². The van der Waals surface area contributed by atoms with Crippen LogP contribution < -0.4 is 14.8 Å². The minimum Gasteiger partial charge on any atom is -0.497 e. The average Bonchev–Trinajstić information content (AvgIpc) is 2.63. The summed E-state index contributed by atoms with van der Waals surface area (Å²) in [5, 5.41) is 4.12. The predicted octanol–water partition coefficient (Wildman–Crippen LogP) is 3.80. The largest absolute Gasteiger partial charge is 0.497 e. The Morgan fingerprint density at radius 3 is 2.48 bits per heavy atom. The Balaban J connectivity index is 1.81. The molecule has 0 atom stereocenters. The number of methoxy groups -OCH3 is 2. The Bertz CT molecular complexity index is 784. The van der Waals surface area contributed by atoms with E-state index in [0.717, 1.165) is 22.6 Å². The van der Waals surface area contributed by atoms with E-state index in [9.17, 15) is 4.79 Å². The molecular formula is C20H24Cl2N2O3. The summed E-state index contributed by atoms with van der Waals surface area (Å²) in [6.45, 7) is 1.38. The van der Waals surface area contributed by atoms with Crippen molar-refractivity contribution < 1.29 is 14.3 Å². The second-order valence-electron chi connectivity index (χ2n) is 6.19. The number of likely N-dealkylation sites (N-methyl/N-ethyl adjacent to an activating group) is 1. The second kappa shape index (κ2) is 10.4. The summed E-state index contributed by atoms with van der Waals surface area (Å²) < 4.78 is 10.6. The number of halogens is 2. The number of nitrogens with zero attached hydrogens (tertiary/aromatic N) is 1. The van der Waals surface area contributed by atoms with Gasteiger partial charge in [-0.25, -0.2) is 0 Å². The fraction of sp³-hybridized carbons (Fsp3) is 0.350. The zero-order chi connectivity index (χ0) is 19.8. The predicted molar refractivity (Wildman–Crippen MR) is 109 cm³/mol. The first-order valence-electron chi connectivity index (χ1n) is 8.53. The lowest BCUT2D eigenvalue weighted by atomic mass is 10.1. The topological polar surface area (TPSA) is 50.8 Å². The molecule has 0 heterocycles. The van der Waals surface area contributed by atoms with Crippen LogP contribution in [0.15, 0.2) is 36.4 Å². The van der Waals surface area contributed by atoms with Crippen molar-refractivity contribution >= 4 is 29.1 Å². The molecule has 1 amide bonds. The van der Waals surface area contributed by atoms with Crippen molar-refractivity contribution in [2.75, 3.05) is 34.4 Å². The van der Waals surface area contributed by atoms with Gasteiger partial charge in [0, 0.05) is 34.8 Å². The molecule has 0 spiro atoms. The second-order valence-corrected chi connectivity index (χ2v) is 7.03. The molecule has 2 aromatic rings. The molecule has 146 valence electrons. The van der Waals surface area contributed by atoms with Crippen LogP contribution in [0.2, 0.25) is 10.0 Å². The van der Waals surface area contributed by atoms with Gasteiger partial charge in [-0.05, 0) is 37.2 Å². The first-order chi connectivity index (χ1) is 12.9. The summed E-state index contributed by atoms with van der Waals surface area (Å²) in [5.41, 5.74) is 1.94. The van der Waals surface area contributed by atoms with Gasteiger partial charge in [0.25, 0.3) is 0 Å². The average molecular weight is 411 g/mol. The van der Waals surface area contributed by atoms with E-state index in [1.54, 1.807) is 26.4 Å². The third-order valence-corrected chi connectivity index (χ3v) is 4.67. The van der Waals surface area contributed by atoms with Crippen molar-refractivity contribution in [3.05, 3.63) is 57.6 Å². The molecule has 0 aliphatic carbocycles. The van der Waals surface area contributed by atoms with Gasteiger partial charge in [-0.15, -0.1) is 0 Å². The van der Waals surface area contributed by atoms with Gasteiger partial charge in [0.2, 0.25) is 5.91 Å². The normalized spacial score (nSPS) is 10.7.